The van der Waals surface area contributed by atoms with Crippen molar-refractivity contribution in [1.29, 1.82) is 5.26 Å². The van der Waals surface area contributed by atoms with E-state index in [0.29, 0.717) is 90.5 Å². The van der Waals surface area contributed by atoms with Crippen molar-refractivity contribution in [1.82, 2.24) is 83.9 Å². The smallest absolute Gasteiger partial charge is 0.512 e. The molecule has 1 N–H and O–H groups in total. The summed E-state index contributed by atoms with van der Waals surface area (Å²) in [5.74, 6) is -0.712. The molecule has 13 aromatic rings. The second-order valence-electron chi connectivity index (χ2n) is 23.6. The van der Waals surface area contributed by atoms with Crippen molar-refractivity contribution >= 4 is 21.6 Å². The quantitative estimate of drug-likeness (QED) is 0.0636. The molecule has 0 atom stereocenters. The average Bonchev–Trinajstić information content (AvgIpc) is 1.73. The number of aromatic amines is 1. The number of pyridine rings is 5. The molecule has 5 aromatic carbocycles. The predicted octanol–water partition coefficient (Wildman–Crippen LogP) is 14.8. The Morgan fingerprint density at radius 1 is 0.425 bits per heavy atom. The molecule has 13 rings (SSSR count). The number of hydrogen-bond donors (Lipinski definition) is 1. The molecule has 120 heavy (non-hydrogen) atoms. The van der Waals surface area contributed by atoms with E-state index in [0.717, 1.165) is 70.7 Å². The first-order valence-corrected chi connectivity index (χ1v) is 33.4. The molecule has 29 nitrogen and oxygen atoms in total. The topological polar surface area (TPSA) is 326 Å². The molecular formula is C73H55BrCuF16N19O10. The maximum absolute atomic E-state index is 12.3. The number of halogens is 17. The van der Waals surface area contributed by atoms with E-state index in [9.17, 15) is 94.2 Å². The molecule has 47 heteroatoms. The van der Waals surface area contributed by atoms with Crippen molar-refractivity contribution in [3.8, 4) is 91.3 Å². The number of aromatic nitrogens is 17. The van der Waals surface area contributed by atoms with E-state index in [-0.39, 0.29) is 73.6 Å². The van der Waals surface area contributed by atoms with Gasteiger partial charge < -0.3 is 35.5 Å². The molecule has 0 amide bonds. The first kappa shape index (κ1) is 93.1. The van der Waals surface area contributed by atoms with Gasteiger partial charge in [-0.25, -0.2) is 9.53 Å². The maximum Gasteiger partial charge on any atom is 1.00 e. The molecular weight excluding hydrogens is 1750 g/mol. The fourth-order valence-electron chi connectivity index (χ4n) is 10.1. The molecule has 8 aromatic heterocycles. The van der Waals surface area contributed by atoms with Crippen molar-refractivity contribution in [3.05, 3.63) is 285 Å². The molecule has 0 saturated heterocycles. The first-order chi connectivity index (χ1) is 56.3. The number of nitrogens with one attached hydrogen (secondary N) is 1. The van der Waals surface area contributed by atoms with E-state index in [1.165, 1.54) is 142 Å². The third kappa shape index (κ3) is 27.3. The minimum absolute atomic E-state index is 0. The molecule has 0 radical (unpaired) electrons. The first-order valence-electron chi connectivity index (χ1n) is 33.3. The molecule has 0 unspecified atom stereocenters. The van der Waals surface area contributed by atoms with E-state index in [1.807, 2.05) is 0 Å². The second kappa shape index (κ2) is 40.7. The minimum Gasteiger partial charge on any atom is -0.512 e. The second-order valence-corrected chi connectivity index (χ2v) is 24.4. The summed E-state index contributed by atoms with van der Waals surface area (Å²) in [5.41, 5.74) is 5.67. The summed E-state index contributed by atoms with van der Waals surface area (Å²) in [4.78, 5) is 64.9. The Morgan fingerprint density at radius 2 is 0.717 bits per heavy atom. The summed E-state index contributed by atoms with van der Waals surface area (Å²) in [7, 11) is 2.27. The van der Waals surface area contributed by atoms with E-state index in [4.69, 9.17) is 19.8 Å². The van der Waals surface area contributed by atoms with Crippen molar-refractivity contribution in [3.63, 3.8) is 0 Å². The van der Waals surface area contributed by atoms with E-state index in [1.54, 1.807) is 61.1 Å². The summed E-state index contributed by atoms with van der Waals surface area (Å²) >= 11 is 3.30. The molecule has 632 valence electrons. The number of H-pyrrole nitrogens is 1. The summed E-state index contributed by atoms with van der Waals surface area (Å²) in [6, 6.07) is 31.7. The van der Waals surface area contributed by atoms with Gasteiger partial charge in [0.25, 0.3) is 27.8 Å². The minimum atomic E-state index is -4.77. The standard InChI is InChI=1S/2C15H12F3N5O2.C14H10F3N5O2.C14H9F3N2O2.C13H9BrF3NO2.CH3F.CN.Cu/c1-9-7-13(24)23(8-12(9)14-19-20-21-22(14)2)10-3-5-11(6-4-10)25-15(16,17)18;1-9-7-13(24)23(8-12(9)14-19-21-22(2)20-14)10-3-5-11(6-4-10)25-15(16,17)18;1-8-6-12(23)22(7-11(8)13-18-20-21-19-13)9-2-4-10(5-3-9)24-14(15,16)17;1-9-7-13(20)19(8-12(9)18-2)10-3-5-11(6-4-10)21-14(15,16)17;1-8-6-12(19)18(7-11(8)14)9-2-4-10(5-3-9)20-13(15,16)17;2*1-2;/h2*3-8H,1-2H3;2-7H,1H3,(H,18,19,20,21);3-8H,1H3;2-7H,1H3;1H3;;/q;;;;;;-1;+1/i;;;;;1D;;. The average molecular weight is 1810 g/mol. The van der Waals surface area contributed by atoms with Gasteiger partial charge in [0.15, 0.2) is 5.82 Å². The molecule has 0 aliphatic carbocycles. The van der Waals surface area contributed by atoms with Gasteiger partial charge in [0.1, 0.15) is 28.7 Å². The number of alkyl halides is 16. The van der Waals surface area contributed by atoms with E-state index < -0.39 is 39.0 Å². The Kier molecular flexibility index (Phi) is 31.5. The number of tetrazole rings is 3. The monoisotopic (exact) mass is 1800 g/mol. The van der Waals surface area contributed by atoms with Crippen LogP contribution in [0.1, 0.15) is 29.2 Å². The van der Waals surface area contributed by atoms with Crippen LogP contribution in [0.15, 0.2) is 211 Å². The van der Waals surface area contributed by atoms with Gasteiger partial charge in [0, 0.05) is 112 Å². The number of hydrogen-bond acceptors (Lipinski definition) is 20. The fourth-order valence-corrected chi connectivity index (χ4v) is 10.4. The zero-order valence-corrected chi connectivity index (χ0v) is 64.4. The summed E-state index contributed by atoms with van der Waals surface area (Å²) < 4.78 is 225. The molecule has 0 aliphatic rings. The van der Waals surface area contributed by atoms with Crippen LogP contribution in [-0.4, -0.2) is 123 Å². The Hall–Kier alpha value is -14.1. The van der Waals surface area contributed by atoms with Gasteiger partial charge in [0.05, 0.1) is 22.1 Å². The molecule has 8 heterocycles. The van der Waals surface area contributed by atoms with Gasteiger partial charge in [-0.2, -0.15) is 10.0 Å². The maximum atomic E-state index is 12.3. The van der Waals surface area contributed by atoms with Crippen LogP contribution in [0, 0.1) is 53.0 Å². The van der Waals surface area contributed by atoms with Crippen molar-refractivity contribution in [2.24, 2.45) is 14.1 Å². The molecule has 0 aliphatic heterocycles. The van der Waals surface area contributed by atoms with Crippen LogP contribution in [-0.2, 0) is 31.2 Å². The van der Waals surface area contributed by atoms with Gasteiger partial charge >= 0.3 is 48.9 Å². The van der Waals surface area contributed by atoms with Crippen molar-refractivity contribution in [2.75, 3.05) is 7.15 Å². The van der Waals surface area contributed by atoms with Crippen molar-refractivity contribution in [2.45, 2.75) is 66.4 Å². The summed E-state index contributed by atoms with van der Waals surface area (Å²) in [6.45, 7) is 20.4. The largest absolute Gasteiger partial charge is 1.00 e. The Balaban J connectivity index is 0.000000231. The number of aryl methyl sites for hydroxylation is 7. The fraction of sp³-hybridized carbons (Fsp3) is 0.178. The molecule has 0 spiro atoms. The zero-order valence-electron chi connectivity index (χ0n) is 62.9. The summed E-state index contributed by atoms with van der Waals surface area (Å²) in [5, 5.41) is 42.7. The van der Waals surface area contributed by atoms with Crippen molar-refractivity contribution < 1.29 is 112 Å². The van der Waals surface area contributed by atoms with Crippen LogP contribution < -0.4 is 51.5 Å². The van der Waals surface area contributed by atoms with Gasteiger partial charge in [-0.15, -0.1) is 91.3 Å². The Labute approximate surface area is 683 Å². The normalized spacial score (nSPS) is 11.1. The van der Waals surface area contributed by atoms with Gasteiger partial charge in [-0.05, 0) is 227 Å². The van der Waals surface area contributed by atoms with Crippen LogP contribution in [0.4, 0.5) is 75.9 Å². The number of nitrogens with zero attached hydrogens (tertiary/aromatic N) is 18. The Morgan fingerprint density at radius 3 is 1.00 bits per heavy atom. The SMILES string of the molecule is Cc1cc(=O)n(-c2ccc(OC(F)(F)F)cc2)cc1-c1nn[nH]n1.Cc1cc(=O)n(-c2ccc(OC(F)(F)F)cc2)cc1-c1nnn(C)n1.Cc1cc(=O)n(-c2ccc(OC(F)(F)F)cc2)cc1-c1nnnn1C.Cc1cc(=O)n(-c2ccc(OC(F)(F)F)cc2)cc1Br.[2H]CF.[C-]#N.[C-]#[N+]c1cn(-c2ccc(OC(F)(F)F)cc2)c(=O)cc1C.[Cu+]. The van der Waals surface area contributed by atoms with Crippen LogP contribution in [0.3, 0.4) is 0 Å². The molecule has 0 saturated carbocycles. The third-order valence-electron chi connectivity index (χ3n) is 15.3. The Bertz CT molecular complexity index is 6040. The number of ether oxygens (including phenoxy) is 5. The van der Waals surface area contributed by atoms with Crippen LogP contribution in [0.2, 0.25) is 0 Å². The third-order valence-corrected chi connectivity index (χ3v) is 16.1. The van der Waals surface area contributed by atoms with Gasteiger partial charge in [-0.1, -0.05) is 0 Å². The van der Waals surface area contributed by atoms with E-state index >= 15 is 0 Å². The van der Waals surface area contributed by atoms with Gasteiger partial charge in [-0.3, -0.25) is 51.2 Å². The van der Waals surface area contributed by atoms with Gasteiger partial charge in [0.2, 0.25) is 17.3 Å². The van der Waals surface area contributed by atoms with Crippen LogP contribution in [0.25, 0.3) is 67.4 Å². The predicted molar refractivity (Wildman–Crippen MR) is 392 cm³/mol. The number of benzene rings is 5. The van der Waals surface area contributed by atoms with Crippen LogP contribution >= 0.6 is 15.9 Å². The summed E-state index contributed by atoms with van der Waals surface area (Å²) in [6.07, 6.45) is -16.3. The molecule has 0 bridgehead atoms. The van der Waals surface area contributed by atoms with Crippen LogP contribution in [0.5, 0.6) is 28.7 Å². The molecule has 0 fully saturated rings. The zero-order chi connectivity index (χ0) is 88.9. The number of rotatable bonds is 13. The van der Waals surface area contributed by atoms with E-state index in [2.05, 4.69) is 96.0 Å².